The first-order valence-electron chi connectivity index (χ1n) is 8.19. The second kappa shape index (κ2) is 7.06. The van der Waals surface area contributed by atoms with E-state index in [4.69, 9.17) is 33.3 Å². The van der Waals surface area contributed by atoms with E-state index in [9.17, 15) is 0 Å². The van der Waals surface area contributed by atoms with Crippen LogP contribution in [0.15, 0.2) is 54.9 Å². The van der Waals surface area contributed by atoms with Crippen LogP contribution in [0.3, 0.4) is 0 Å². The Labute approximate surface area is 166 Å². The van der Waals surface area contributed by atoms with Crippen molar-refractivity contribution in [2.24, 2.45) is 0 Å². The van der Waals surface area contributed by atoms with Crippen molar-refractivity contribution in [2.75, 3.05) is 14.2 Å². The number of fused-ring (bicyclic) bond motifs is 1. The number of nitrogens with zero attached hydrogens (tertiary/aromatic N) is 2. The van der Waals surface area contributed by atoms with Crippen molar-refractivity contribution >= 4 is 29.5 Å². The van der Waals surface area contributed by atoms with Gasteiger partial charge in [0.2, 0.25) is 4.77 Å². The smallest absolute Gasteiger partial charge is 0.205 e. The van der Waals surface area contributed by atoms with Crippen LogP contribution < -0.4 is 9.47 Å². The summed E-state index contributed by atoms with van der Waals surface area (Å²) < 4.78 is 13.1. The molecule has 0 unspecified atom stereocenters. The molecule has 0 bridgehead atoms. The highest BCUT2D eigenvalue weighted by atomic mass is 35.5. The molecule has 7 heteroatoms. The molecule has 2 heterocycles. The van der Waals surface area contributed by atoms with Gasteiger partial charge in [-0.1, -0.05) is 23.7 Å². The van der Waals surface area contributed by atoms with Gasteiger partial charge < -0.3 is 14.5 Å². The Balaban J connectivity index is 1.97. The van der Waals surface area contributed by atoms with Crippen LogP contribution in [0.1, 0.15) is 0 Å². The molecule has 0 radical (unpaired) electrons. The highest BCUT2D eigenvalue weighted by molar-refractivity contribution is 7.71. The molecular weight excluding hydrogens is 382 g/mol. The summed E-state index contributed by atoms with van der Waals surface area (Å²) in [7, 11) is 3.27. The molecule has 0 aliphatic rings. The zero-order chi connectivity index (χ0) is 19.0. The summed E-state index contributed by atoms with van der Waals surface area (Å²) in [6.07, 6.45) is 3.66. The molecule has 0 fully saturated rings. The molecule has 4 rings (SSSR count). The molecule has 0 spiro atoms. The summed E-state index contributed by atoms with van der Waals surface area (Å²) in [5, 5.41) is 0.617. The normalized spacial score (nSPS) is 10.9. The highest BCUT2D eigenvalue weighted by Gasteiger charge is 2.14. The third kappa shape index (κ3) is 3.18. The topological polar surface area (TPSA) is 51.6 Å². The van der Waals surface area contributed by atoms with E-state index in [2.05, 4.69) is 9.97 Å². The summed E-state index contributed by atoms with van der Waals surface area (Å²) in [6, 6.07) is 13.3. The van der Waals surface area contributed by atoms with Crippen LogP contribution in [0.2, 0.25) is 5.02 Å². The Kier molecular flexibility index (Phi) is 4.59. The van der Waals surface area contributed by atoms with Crippen LogP contribution in [0.25, 0.3) is 28.0 Å². The van der Waals surface area contributed by atoms with E-state index >= 15 is 0 Å². The average molecular weight is 398 g/mol. The number of aromatic nitrogens is 3. The zero-order valence-electron chi connectivity index (χ0n) is 14.7. The largest absolute Gasteiger partial charge is 0.497 e. The van der Waals surface area contributed by atoms with E-state index in [1.54, 1.807) is 26.5 Å². The quantitative estimate of drug-likeness (QED) is 0.468. The maximum absolute atomic E-state index is 6.21. The second-order valence-corrected chi connectivity index (χ2v) is 6.72. The number of methoxy groups -OCH3 is 2. The molecule has 0 aliphatic carbocycles. The first-order chi connectivity index (χ1) is 13.1. The SMILES string of the molecule is COc1cccc(-c2cn3c(=S)ncc(-c4cc(Cl)ccc4OC)c3[nH]2)c1. The number of nitrogens with one attached hydrogen (secondary N) is 1. The van der Waals surface area contributed by atoms with Crippen molar-refractivity contribution < 1.29 is 9.47 Å². The van der Waals surface area contributed by atoms with Crippen molar-refractivity contribution in [3.8, 4) is 33.9 Å². The van der Waals surface area contributed by atoms with Gasteiger partial charge in [0.05, 0.1) is 19.9 Å². The standard InChI is InChI=1S/C20H16ClN3O2S/c1-25-14-5-3-4-12(8-14)17-11-24-19(23-17)16(10-22-20(24)27)15-9-13(21)6-7-18(15)26-2/h3-11,23H,1-2H3. The summed E-state index contributed by atoms with van der Waals surface area (Å²) in [5.41, 5.74) is 4.38. The predicted molar refractivity (Wildman–Crippen MR) is 109 cm³/mol. The molecule has 0 atom stereocenters. The summed E-state index contributed by atoms with van der Waals surface area (Å²) in [5.74, 6) is 1.49. The minimum Gasteiger partial charge on any atom is -0.497 e. The number of halogens is 1. The van der Waals surface area contributed by atoms with Crippen molar-refractivity contribution in [1.29, 1.82) is 0 Å². The fourth-order valence-corrected chi connectivity index (χ4v) is 3.40. The van der Waals surface area contributed by atoms with E-state index in [-0.39, 0.29) is 0 Å². The lowest BCUT2D eigenvalue weighted by Crippen LogP contribution is -1.95. The Morgan fingerprint density at radius 1 is 1.07 bits per heavy atom. The van der Waals surface area contributed by atoms with Crippen LogP contribution in [-0.4, -0.2) is 28.6 Å². The van der Waals surface area contributed by atoms with Crippen molar-refractivity contribution in [3.63, 3.8) is 0 Å². The average Bonchev–Trinajstić information content (AvgIpc) is 3.15. The molecule has 5 nitrogen and oxygen atoms in total. The molecule has 136 valence electrons. The first kappa shape index (κ1) is 17.6. The van der Waals surface area contributed by atoms with E-state index in [0.29, 0.717) is 15.5 Å². The fourth-order valence-electron chi connectivity index (χ4n) is 3.03. The van der Waals surface area contributed by atoms with E-state index in [0.717, 1.165) is 33.8 Å². The van der Waals surface area contributed by atoms with Gasteiger partial charge in [-0.15, -0.1) is 0 Å². The Morgan fingerprint density at radius 3 is 2.70 bits per heavy atom. The van der Waals surface area contributed by atoms with Gasteiger partial charge in [0.15, 0.2) is 0 Å². The molecule has 0 saturated carbocycles. The maximum Gasteiger partial charge on any atom is 0.205 e. The van der Waals surface area contributed by atoms with Crippen molar-refractivity contribution in [2.45, 2.75) is 0 Å². The van der Waals surface area contributed by atoms with Crippen molar-refractivity contribution in [3.05, 3.63) is 64.7 Å². The number of H-pyrrole nitrogens is 1. The maximum atomic E-state index is 6.21. The predicted octanol–water partition coefficient (Wildman–Crippen LogP) is 5.40. The van der Waals surface area contributed by atoms with Crippen LogP contribution in [0.5, 0.6) is 11.5 Å². The monoisotopic (exact) mass is 397 g/mol. The molecule has 0 aliphatic heterocycles. The first-order valence-corrected chi connectivity index (χ1v) is 8.98. The van der Waals surface area contributed by atoms with Crippen LogP contribution >= 0.6 is 23.8 Å². The third-order valence-electron chi connectivity index (χ3n) is 4.35. The summed E-state index contributed by atoms with van der Waals surface area (Å²) in [6.45, 7) is 0. The van der Waals surface area contributed by atoms with E-state index in [1.807, 2.05) is 47.0 Å². The number of ether oxygens (including phenoxy) is 2. The van der Waals surface area contributed by atoms with E-state index < -0.39 is 0 Å². The summed E-state index contributed by atoms with van der Waals surface area (Å²) in [4.78, 5) is 7.81. The van der Waals surface area contributed by atoms with Gasteiger partial charge in [0.1, 0.15) is 17.1 Å². The summed E-state index contributed by atoms with van der Waals surface area (Å²) >= 11 is 11.6. The molecule has 0 saturated heterocycles. The number of hydrogen-bond donors (Lipinski definition) is 1. The Bertz CT molecular complexity index is 1200. The minimum atomic E-state index is 0.458. The van der Waals surface area contributed by atoms with Crippen LogP contribution in [-0.2, 0) is 0 Å². The van der Waals surface area contributed by atoms with Crippen molar-refractivity contribution in [1.82, 2.24) is 14.4 Å². The van der Waals surface area contributed by atoms with Gasteiger partial charge in [0, 0.05) is 34.1 Å². The second-order valence-electron chi connectivity index (χ2n) is 5.92. The number of benzene rings is 2. The zero-order valence-corrected chi connectivity index (χ0v) is 16.3. The molecule has 0 amide bonds. The van der Waals surface area contributed by atoms with Crippen LogP contribution in [0.4, 0.5) is 0 Å². The molecule has 1 N–H and O–H groups in total. The molecule has 27 heavy (non-hydrogen) atoms. The van der Waals surface area contributed by atoms with Gasteiger partial charge in [-0.05, 0) is 42.5 Å². The lowest BCUT2D eigenvalue weighted by molar-refractivity contribution is 0.415. The lowest BCUT2D eigenvalue weighted by atomic mass is 10.1. The van der Waals surface area contributed by atoms with Gasteiger partial charge in [-0.2, -0.15) is 0 Å². The number of rotatable bonds is 4. The minimum absolute atomic E-state index is 0.458. The fraction of sp³-hybridized carbons (Fsp3) is 0.100. The highest BCUT2D eigenvalue weighted by Crippen LogP contribution is 2.35. The Morgan fingerprint density at radius 2 is 1.93 bits per heavy atom. The van der Waals surface area contributed by atoms with Gasteiger partial charge in [-0.3, -0.25) is 4.40 Å². The molecule has 4 aromatic rings. The van der Waals surface area contributed by atoms with Gasteiger partial charge >= 0.3 is 0 Å². The third-order valence-corrected chi connectivity index (χ3v) is 4.89. The number of imidazole rings is 1. The lowest BCUT2D eigenvalue weighted by Gasteiger charge is -2.10. The van der Waals surface area contributed by atoms with Gasteiger partial charge in [0.25, 0.3) is 0 Å². The van der Waals surface area contributed by atoms with Gasteiger partial charge in [-0.25, -0.2) is 4.98 Å². The number of aromatic amines is 1. The molecule has 2 aromatic carbocycles. The van der Waals surface area contributed by atoms with E-state index in [1.165, 1.54) is 0 Å². The number of hydrogen-bond acceptors (Lipinski definition) is 4. The van der Waals surface area contributed by atoms with Crippen LogP contribution in [0, 0.1) is 4.77 Å². The Hall–Kier alpha value is -2.83. The molecule has 2 aromatic heterocycles. The molecular formula is C20H16ClN3O2S.